The predicted octanol–water partition coefficient (Wildman–Crippen LogP) is 2.82. The molecule has 8 heteroatoms. The molecular formula is C21H21NO7. The van der Waals surface area contributed by atoms with Crippen LogP contribution in [0.4, 0.5) is 5.69 Å². The largest absolute Gasteiger partial charge is 0.485 e. The molecule has 0 bridgehead atoms. The monoisotopic (exact) mass is 399 g/mol. The van der Waals surface area contributed by atoms with Crippen molar-refractivity contribution >= 4 is 23.5 Å². The van der Waals surface area contributed by atoms with Crippen molar-refractivity contribution in [2.24, 2.45) is 0 Å². The highest BCUT2D eigenvalue weighted by molar-refractivity contribution is 6.00. The Morgan fingerprint density at radius 1 is 0.966 bits per heavy atom. The Balaban J connectivity index is 1.80. The third-order valence-corrected chi connectivity index (χ3v) is 4.02. The Labute approximate surface area is 167 Å². The third kappa shape index (κ3) is 4.84. The maximum Gasteiger partial charge on any atom is 0.338 e. The summed E-state index contributed by atoms with van der Waals surface area (Å²) in [6, 6.07) is 11.2. The molecule has 1 aliphatic rings. The molecule has 0 unspecified atom stereocenters. The van der Waals surface area contributed by atoms with Crippen LogP contribution in [0.3, 0.4) is 0 Å². The van der Waals surface area contributed by atoms with Gasteiger partial charge >= 0.3 is 11.9 Å². The number of rotatable bonds is 6. The highest BCUT2D eigenvalue weighted by Crippen LogP contribution is 2.31. The van der Waals surface area contributed by atoms with Crippen molar-refractivity contribution in [2.75, 3.05) is 25.1 Å². The molecule has 1 aliphatic heterocycles. The van der Waals surface area contributed by atoms with E-state index in [1.165, 1.54) is 18.2 Å². The SMILES string of the molecule is CCOC(=O)c1cc(NC(=O)[C@@H]2COc3ccccc3O2)cc(C(=O)OCC)c1. The number of carbonyl (C=O) groups is 3. The molecular weight excluding hydrogens is 378 g/mol. The van der Waals surface area contributed by atoms with Gasteiger partial charge in [0, 0.05) is 5.69 Å². The lowest BCUT2D eigenvalue weighted by Gasteiger charge is -2.25. The van der Waals surface area contributed by atoms with Crippen molar-refractivity contribution in [2.45, 2.75) is 20.0 Å². The second kappa shape index (κ2) is 9.09. The van der Waals surface area contributed by atoms with Gasteiger partial charge in [-0.25, -0.2) is 9.59 Å². The standard InChI is InChI=1S/C21H21NO7/c1-3-26-20(24)13-9-14(21(25)27-4-2)11-15(10-13)22-19(23)18-12-28-16-7-5-6-8-17(16)29-18/h5-11,18H,3-4,12H2,1-2H3,(H,22,23)/t18-/m0/s1. The second-order valence-corrected chi connectivity index (χ2v) is 6.09. The molecule has 29 heavy (non-hydrogen) atoms. The van der Waals surface area contributed by atoms with Gasteiger partial charge in [0.2, 0.25) is 6.10 Å². The fourth-order valence-corrected chi connectivity index (χ4v) is 2.74. The topological polar surface area (TPSA) is 100 Å². The molecule has 3 rings (SSSR count). The molecule has 1 atom stereocenters. The van der Waals surface area contributed by atoms with E-state index in [1.54, 1.807) is 38.1 Å². The molecule has 0 saturated heterocycles. The fraction of sp³-hybridized carbons (Fsp3) is 0.286. The van der Waals surface area contributed by atoms with E-state index in [0.29, 0.717) is 11.5 Å². The van der Waals surface area contributed by atoms with Gasteiger partial charge in [0.05, 0.1) is 24.3 Å². The first kappa shape index (κ1) is 20.2. The van der Waals surface area contributed by atoms with Gasteiger partial charge in [-0.1, -0.05) is 12.1 Å². The minimum atomic E-state index is -0.887. The zero-order valence-corrected chi connectivity index (χ0v) is 16.1. The molecule has 1 N–H and O–H groups in total. The molecule has 0 aliphatic carbocycles. The van der Waals surface area contributed by atoms with Crippen LogP contribution in [-0.4, -0.2) is 43.8 Å². The number of esters is 2. The highest BCUT2D eigenvalue weighted by atomic mass is 16.6. The molecule has 1 heterocycles. The molecule has 2 aromatic carbocycles. The maximum absolute atomic E-state index is 12.6. The lowest BCUT2D eigenvalue weighted by Crippen LogP contribution is -2.40. The van der Waals surface area contributed by atoms with E-state index in [-0.39, 0.29) is 36.6 Å². The number of para-hydroxylation sites is 2. The van der Waals surface area contributed by atoms with Crippen LogP contribution in [0.5, 0.6) is 11.5 Å². The van der Waals surface area contributed by atoms with Crippen LogP contribution in [0.2, 0.25) is 0 Å². The van der Waals surface area contributed by atoms with Crippen molar-refractivity contribution in [3.8, 4) is 11.5 Å². The molecule has 0 fully saturated rings. The van der Waals surface area contributed by atoms with Gasteiger partial charge in [-0.15, -0.1) is 0 Å². The average molecular weight is 399 g/mol. The van der Waals surface area contributed by atoms with Crippen LogP contribution in [0, 0.1) is 0 Å². The molecule has 1 amide bonds. The van der Waals surface area contributed by atoms with Crippen molar-refractivity contribution in [3.63, 3.8) is 0 Å². The lowest BCUT2D eigenvalue weighted by molar-refractivity contribution is -0.125. The van der Waals surface area contributed by atoms with Crippen molar-refractivity contribution in [1.29, 1.82) is 0 Å². The summed E-state index contributed by atoms with van der Waals surface area (Å²) < 4.78 is 21.2. The minimum absolute atomic E-state index is 0.0329. The number of hydrogen-bond acceptors (Lipinski definition) is 7. The zero-order chi connectivity index (χ0) is 20.8. The summed E-state index contributed by atoms with van der Waals surface area (Å²) in [6.45, 7) is 3.74. The molecule has 0 saturated carbocycles. The summed E-state index contributed by atoms with van der Waals surface area (Å²) in [5.41, 5.74) is 0.490. The van der Waals surface area contributed by atoms with E-state index >= 15 is 0 Å². The fourth-order valence-electron chi connectivity index (χ4n) is 2.74. The number of nitrogens with one attached hydrogen (secondary N) is 1. The van der Waals surface area contributed by atoms with Gasteiger partial charge in [-0.05, 0) is 44.2 Å². The summed E-state index contributed by atoms with van der Waals surface area (Å²) in [5.74, 6) is -0.673. The number of amides is 1. The Morgan fingerprint density at radius 2 is 1.55 bits per heavy atom. The van der Waals surface area contributed by atoms with Gasteiger partial charge in [0.1, 0.15) is 6.61 Å². The van der Waals surface area contributed by atoms with Gasteiger partial charge in [-0.3, -0.25) is 4.79 Å². The van der Waals surface area contributed by atoms with E-state index < -0.39 is 23.9 Å². The molecule has 2 aromatic rings. The Bertz CT molecular complexity index is 889. The Morgan fingerprint density at radius 3 is 2.14 bits per heavy atom. The average Bonchev–Trinajstić information content (AvgIpc) is 2.73. The van der Waals surface area contributed by atoms with Gasteiger partial charge in [0.15, 0.2) is 11.5 Å². The number of fused-ring (bicyclic) bond motifs is 1. The van der Waals surface area contributed by atoms with Crippen LogP contribution in [-0.2, 0) is 14.3 Å². The molecule has 8 nitrogen and oxygen atoms in total. The third-order valence-electron chi connectivity index (χ3n) is 4.02. The molecule has 0 radical (unpaired) electrons. The van der Waals surface area contributed by atoms with Crippen molar-refractivity contribution in [3.05, 3.63) is 53.6 Å². The van der Waals surface area contributed by atoms with Crippen LogP contribution < -0.4 is 14.8 Å². The summed E-state index contributed by atoms with van der Waals surface area (Å²) in [7, 11) is 0. The lowest BCUT2D eigenvalue weighted by atomic mass is 10.1. The number of anilines is 1. The smallest absolute Gasteiger partial charge is 0.338 e. The predicted molar refractivity (Wildman–Crippen MR) is 103 cm³/mol. The molecule has 0 spiro atoms. The van der Waals surface area contributed by atoms with Gasteiger partial charge in [-0.2, -0.15) is 0 Å². The normalized spacial score (nSPS) is 14.6. The van der Waals surface area contributed by atoms with E-state index in [1.807, 2.05) is 0 Å². The number of hydrogen-bond donors (Lipinski definition) is 1. The highest BCUT2D eigenvalue weighted by Gasteiger charge is 2.28. The van der Waals surface area contributed by atoms with Gasteiger partial charge in [0.25, 0.3) is 5.91 Å². The Kier molecular flexibility index (Phi) is 6.33. The number of carbonyl (C=O) groups excluding carboxylic acids is 3. The van der Waals surface area contributed by atoms with Crippen LogP contribution in [0.25, 0.3) is 0 Å². The maximum atomic E-state index is 12.6. The Hall–Kier alpha value is -3.55. The summed E-state index contributed by atoms with van der Waals surface area (Å²) in [4.78, 5) is 36.9. The van der Waals surface area contributed by atoms with Crippen LogP contribution in [0.1, 0.15) is 34.6 Å². The minimum Gasteiger partial charge on any atom is -0.485 e. The van der Waals surface area contributed by atoms with E-state index in [4.69, 9.17) is 18.9 Å². The van der Waals surface area contributed by atoms with Crippen LogP contribution >= 0.6 is 0 Å². The first-order chi connectivity index (χ1) is 14.0. The quantitative estimate of drug-likeness (QED) is 0.746. The first-order valence-corrected chi connectivity index (χ1v) is 9.20. The zero-order valence-electron chi connectivity index (χ0n) is 16.1. The number of benzene rings is 2. The van der Waals surface area contributed by atoms with E-state index in [9.17, 15) is 14.4 Å². The molecule has 152 valence electrons. The van der Waals surface area contributed by atoms with Crippen molar-refractivity contribution in [1.82, 2.24) is 0 Å². The second-order valence-electron chi connectivity index (χ2n) is 6.09. The summed E-state index contributed by atoms with van der Waals surface area (Å²) in [6.07, 6.45) is -0.887. The molecule has 0 aromatic heterocycles. The van der Waals surface area contributed by atoms with Gasteiger partial charge < -0.3 is 24.3 Å². The van der Waals surface area contributed by atoms with Crippen molar-refractivity contribution < 1.29 is 33.3 Å². The van der Waals surface area contributed by atoms with E-state index in [2.05, 4.69) is 5.32 Å². The first-order valence-electron chi connectivity index (χ1n) is 9.20. The number of ether oxygens (including phenoxy) is 4. The van der Waals surface area contributed by atoms with E-state index in [0.717, 1.165) is 0 Å². The summed E-state index contributed by atoms with van der Waals surface area (Å²) >= 11 is 0. The summed E-state index contributed by atoms with van der Waals surface area (Å²) in [5, 5.41) is 2.66. The van der Waals surface area contributed by atoms with Crippen LogP contribution in [0.15, 0.2) is 42.5 Å².